The van der Waals surface area contributed by atoms with E-state index in [-0.39, 0.29) is 6.54 Å². The van der Waals surface area contributed by atoms with Crippen molar-refractivity contribution >= 4 is 21.8 Å². The molecule has 0 amide bonds. The van der Waals surface area contributed by atoms with E-state index < -0.39 is 6.10 Å². The smallest absolute Gasteiger partial charge is 0.0912 e. The second kappa shape index (κ2) is 4.86. The van der Waals surface area contributed by atoms with Gasteiger partial charge in [0.15, 0.2) is 0 Å². The fraction of sp³-hybridized carbons (Fsp3) is 0.333. The second-order valence-corrected chi connectivity index (χ2v) is 6.10. The van der Waals surface area contributed by atoms with E-state index in [4.69, 9.17) is 5.73 Å². The van der Waals surface area contributed by atoms with Gasteiger partial charge in [0.05, 0.1) is 6.10 Å². The molecule has 1 unspecified atom stereocenters. The minimum Gasteiger partial charge on any atom is -0.387 e. The van der Waals surface area contributed by atoms with E-state index in [0.29, 0.717) is 0 Å². The van der Waals surface area contributed by atoms with Crippen molar-refractivity contribution < 1.29 is 5.11 Å². The highest BCUT2D eigenvalue weighted by molar-refractivity contribution is 6.08. The Hall–Kier alpha value is -1.84. The molecule has 3 N–H and O–H groups in total. The maximum Gasteiger partial charge on any atom is 0.0912 e. The summed E-state index contributed by atoms with van der Waals surface area (Å²) in [4.78, 5) is 0. The molecule has 0 saturated heterocycles. The highest BCUT2D eigenvalue weighted by Gasteiger charge is 2.23. The van der Waals surface area contributed by atoms with Crippen LogP contribution in [-0.4, -0.2) is 16.2 Å². The van der Waals surface area contributed by atoms with Crippen molar-refractivity contribution in [1.82, 2.24) is 4.57 Å². The average molecular weight is 280 g/mol. The average Bonchev–Trinajstić information content (AvgIpc) is 3.30. The first kappa shape index (κ1) is 12.9. The van der Waals surface area contributed by atoms with Crippen LogP contribution in [0, 0.1) is 5.92 Å². The van der Waals surface area contributed by atoms with E-state index in [9.17, 15) is 5.11 Å². The molecule has 4 rings (SSSR count). The summed E-state index contributed by atoms with van der Waals surface area (Å²) in [5.74, 6) is 0.832. The third-order valence-electron chi connectivity index (χ3n) is 4.54. The Bertz CT molecular complexity index is 801. The van der Waals surface area contributed by atoms with Crippen LogP contribution in [0.25, 0.3) is 21.8 Å². The van der Waals surface area contributed by atoms with Crippen LogP contribution < -0.4 is 5.73 Å². The third kappa shape index (κ3) is 2.13. The Balaban J connectivity index is 1.97. The quantitative estimate of drug-likeness (QED) is 0.771. The number of para-hydroxylation sites is 1. The number of benzene rings is 2. The Morgan fingerprint density at radius 3 is 2.62 bits per heavy atom. The van der Waals surface area contributed by atoms with E-state index >= 15 is 0 Å². The minimum atomic E-state index is -0.583. The lowest BCUT2D eigenvalue weighted by Gasteiger charge is -2.09. The maximum absolute atomic E-state index is 9.99. The predicted molar refractivity (Wildman–Crippen MR) is 86.2 cm³/mol. The van der Waals surface area contributed by atoms with Crippen LogP contribution in [0.4, 0.5) is 0 Å². The Kier molecular flexibility index (Phi) is 2.98. The molecule has 2 aromatic carbocycles. The molecule has 1 heterocycles. The van der Waals surface area contributed by atoms with Gasteiger partial charge in [-0.15, -0.1) is 0 Å². The summed E-state index contributed by atoms with van der Waals surface area (Å²) in [6.45, 7) is 1.36. The summed E-state index contributed by atoms with van der Waals surface area (Å²) in [5.41, 5.74) is 9.04. The fourth-order valence-corrected chi connectivity index (χ4v) is 3.17. The van der Waals surface area contributed by atoms with Crippen LogP contribution in [0.15, 0.2) is 42.5 Å². The van der Waals surface area contributed by atoms with Crippen LogP contribution in [0.2, 0.25) is 0 Å². The summed E-state index contributed by atoms with van der Waals surface area (Å²) >= 11 is 0. The van der Waals surface area contributed by atoms with Gasteiger partial charge in [-0.05, 0) is 42.5 Å². The van der Waals surface area contributed by atoms with Gasteiger partial charge in [-0.3, -0.25) is 0 Å². The normalized spacial score (nSPS) is 16.7. The predicted octanol–water partition coefficient (Wildman–Crippen LogP) is 3.20. The van der Waals surface area contributed by atoms with Crippen molar-refractivity contribution in [3.63, 3.8) is 0 Å². The van der Waals surface area contributed by atoms with Gasteiger partial charge in [-0.1, -0.05) is 24.3 Å². The molecule has 1 aliphatic rings. The van der Waals surface area contributed by atoms with Crippen LogP contribution in [0.3, 0.4) is 0 Å². The molecule has 108 valence electrons. The van der Waals surface area contributed by atoms with Gasteiger partial charge < -0.3 is 15.4 Å². The van der Waals surface area contributed by atoms with Crippen LogP contribution >= 0.6 is 0 Å². The first-order chi connectivity index (χ1) is 10.3. The van der Waals surface area contributed by atoms with Crippen molar-refractivity contribution in [2.45, 2.75) is 25.5 Å². The number of nitrogens with two attached hydrogens (primary N) is 1. The zero-order chi connectivity index (χ0) is 14.4. The Morgan fingerprint density at radius 2 is 1.86 bits per heavy atom. The van der Waals surface area contributed by atoms with Crippen molar-refractivity contribution in [2.24, 2.45) is 11.7 Å². The third-order valence-corrected chi connectivity index (χ3v) is 4.54. The van der Waals surface area contributed by atoms with Crippen LogP contribution in [0.5, 0.6) is 0 Å². The van der Waals surface area contributed by atoms with Gasteiger partial charge in [0, 0.05) is 34.9 Å². The monoisotopic (exact) mass is 280 g/mol. The van der Waals surface area contributed by atoms with Gasteiger partial charge in [-0.2, -0.15) is 0 Å². The molecule has 3 heteroatoms. The highest BCUT2D eigenvalue weighted by atomic mass is 16.3. The van der Waals surface area contributed by atoms with Crippen molar-refractivity contribution in [3.8, 4) is 0 Å². The number of hydrogen-bond donors (Lipinski definition) is 2. The lowest BCUT2D eigenvalue weighted by molar-refractivity contribution is 0.187. The molecule has 1 aliphatic carbocycles. The minimum absolute atomic E-state index is 0.256. The number of aromatic nitrogens is 1. The number of rotatable bonds is 4. The first-order valence-electron chi connectivity index (χ1n) is 7.67. The van der Waals surface area contributed by atoms with Gasteiger partial charge in [0.1, 0.15) is 0 Å². The number of aliphatic hydroxyl groups excluding tert-OH is 1. The zero-order valence-corrected chi connectivity index (χ0v) is 12.0. The van der Waals surface area contributed by atoms with E-state index in [1.165, 1.54) is 34.6 Å². The Morgan fingerprint density at radius 1 is 1.10 bits per heavy atom. The SMILES string of the molecule is NCC(O)c1ccc2c(c1)c1ccccc1n2CC1CC1. The number of nitrogens with zero attached hydrogens (tertiary/aromatic N) is 1. The van der Waals surface area contributed by atoms with Crippen LogP contribution in [-0.2, 0) is 6.54 Å². The molecule has 3 aromatic rings. The Labute approximate surface area is 124 Å². The molecular weight excluding hydrogens is 260 g/mol. The molecule has 1 aromatic heterocycles. The van der Waals surface area contributed by atoms with E-state index in [2.05, 4.69) is 41.0 Å². The lowest BCUT2D eigenvalue weighted by atomic mass is 10.1. The number of fused-ring (bicyclic) bond motifs is 3. The van der Waals surface area contributed by atoms with Crippen molar-refractivity contribution in [2.75, 3.05) is 6.54 Å². The number of hydrogen-bond acceptors (Lipinski definition) is 2. The summed E-state index contributed by atoms with van der Waals surface area (Å²) < 4.78 is 2.43. The zero-order valence-electron chi connectivity index (χ0n) is 12.0. The molecule has 1 atom stereocenters. The van der Waals surface area contributed by atoms with Gasteiger partial charge >= 0.3 is 0 Å². The first-order valence-corrected chi connectivity index (χ1v) is 7.67. The molecular formula is C18H20N2O. The van der Waals surface area contributed by atoms with E-state index in [0.717, 1.165) is 18.0 Å². The summed E-state index contributed by atoms with van der Waals surface area (Å²) in [6, 6.07) is 14.8. The molecule has 21 heavy (non-hydrogen) atoms. The molecule has 1 saturated carbocycles. The summed E-state index contributed by atoms with van der Waals surface area (Å²) in [7, 11) is 0. The molecule has 3 nitrogen and oxygen atoms in total. The molecule has 0 spiro atoms. The van der Waals surface area contributed by atoms with Crippen LogP contribution in [0.1, 0.15) is 24.5 Å². The molecule has 0 radical (unpaired) electrons. The summed E-state index contributed by atoms with van der Waals surface area (Å²) in [6.07, 6.45) is 2.11. The topological polar surface area (TPSA) is 51.2 Å². The van der Waals surface area contributed by atoms with Gasteiger partial charge in [0.2, 0.25) is 0 Å². The largest absolute Gasteiger partial charge is 0.387 e. The van der Waals surface area contributed by atoms with E-state index in [1.807, 2.05) is 6.07 Å². The maximum atomic E-state index is 9.99. The molecule has 0 aliphatic heterocycles. The van der Waals surface area contributed by atoms with Crippen molar-refractivity contribution in [3.05, 3.63) is 48.0 Å². The van der Waals surface area contributed by atoms with Gasteiger partial charge in [0.25, 0.3) is 0 Å². The number of aliphatic hydroxyl groups is 1. The lowest BCUT2D eigenvalue weighted by Crippen LogP contribution is -2.11. The highest BCUT2D eigenvalue weighted by Crippen LogP contribution is 2.36. The standard InChI is InChI=1S/C18H20N2O/c19-10-18(21)13-7-8-17-15(9-13)14-3-1-2-4-16(14)20(17)11-12-5-6-12/h1-4,7-9,12,18,21H,5-6,10-11,19H2. The van der Waals surface area contributed by atoms with E-state index in [1.54, 1.807) is 0 Å². The molecule has 0 bridgehead atoms. The molecule has 1 fully saturated rings. The fourth-order valence-electron chi connectivity index (χ4n) is 3.17. The second-order valence-electron chi connectivity index (χ2n) is 6.10. The van der Waals surface area contributed by atoms with Crippen molar-refractivity contribution in [1.29, 1.82) is 0 Å². The summed E-state index contributed by atoms with van der Waals surface area (Å²) in [5, 5.41) is 12.5. The van der Waals surface area contributed by atoms with Gasteiger partial charge in [-0.25, -0.2) is 0 Å².